The number of thiocarbonyl (C=S) groups is 1. The fourth-order valence-corrected chi connectivity index (χ4v) is 2.98. The number of nitrogens with one attached hydrogen (secondary N) is 3. The van der Waals surface area contributed by atoms with Crippen LogP contribution in [0, 0.1) is 6.92 Å². The predicted molar refractivity (Wildman–Crippen MR) is 106 cm³/mol. The van der Waals surface area contributed by atoms with E-state index in [2.05, 4.69) is 47.4 Å². The van der Waals surface area contributed by atoms with Gasteiger partial charge in [0.05, 0.1) is 5.75 Å². The molecule has 0 radical (unpaired) electrons. The molecule has 2 aromatic rings. The number of anilines is 1. The molecule has 0 aromatic heterocycles. The van der Waals surface area contributed by atoms with Gasteiger partial charge in [-0.25, -0.2) is 0 Å². The maximum atomic E-state index is 11.8. The van der Waals surface area contributed by atoms with E-state index in [9.17, 15) is 4.79 Å². The van der Waals surface area contributed by atoms with Crippen molar-refractivity contribution in [3.05, 3.63) is 64.7 Å². The molecule has 7 heteroatoms. The van der Waals surface area contributed by atoms with Crippen molar-refractivity contribution in [2.24, 2.45) is 0 Å². The van der Waals surface area contributed by atoms with E-state index in [1.165, 1.54) is 11.1 Å². The first-order valence-electron chi connectivity index (χ1n) is 7.27. The quantitative estimate of drug-likeness (QED) is 0.543. The van der Waals surface area contributed by atoms with Gasteiger partial charge in [0.15, 0.2) is 5.11 Å². The van der Waals surface area contributed by atoms with Crippen molar-refractivity contribution >= 4 is 52.3 Å². The summed E-state index contributed by atoms with van der Waals surface area (Å²) in [7, 11) is 0. The minimum atomic E-state index is -0.137. The highest BCUT2D eigenvalue weighted by Gasteiger charge is 2.03. The fraction of sp³-hybridized carbons (Fsp3) is 0.176. The standard InChI is InChI=1S/C17H18ClN3OS2/c1-12-5-7-13(8-6-12)10-24-11-16(22)20-21-17(23)19-15-4-2-3-14(18)9-15/h2-9H,10-11H2,1H3,(H,20,22)(H2,19,21,23). The van der Waals surface area contributed by atoms with E-state index in [-0.39, 0.29) is 5.91 Å². The first-order chi connectivity index (χ1) is 11.5. The van der Waals surface area contributed by atoms with Gasteiger partial charge in [0.1, 0.15) is 0 Å². The van der Waals surface area contributed by atoms with Crippen molar-refractivity contribution in [1.29, 1.82) is 0 Å². The molecular formula is C17H18ClN3OS2. The van der Waals surface area contributed by atoms with E-state index in [0.29, 0.717) is 15.9 Å². The van der Waals surface area contributed by atoms with Crippen molar-refractivity contribution in [3.8, 4) is 0 Å². The molecule has 0 spiro atoms. The van der Waals surface area contributed by atoms with Gasteiger partial charge in [-0.1, -0.05) is 47.5 Å². The highest BCUT2D eigenvalue weighted by Crippen LogP contribution is 2.14. The number of halogens is 1. The van der Waals surface area contributed by atoms with Crippen molar-refractivity contribution in [1.82, 2.24) is 10.9 Å². The number of thioether (sulfide) groups is 1. The van der Waals surface area contributed by atoms with Gasteiger partial charge >= 0.3 is 0 Å². The molecule has 0 atom stereocenters. The van der Waals surface area contributed by atoms with E-state index in [0.717, 1.165) is 11.4 Å². The second kappa shape index (κ2) is 9.52. The Labute approximate surface area is 156 Å². The zero-order valence-corrected chi connectivity index (χ0v) is 15.5. The molecule has 1 amide bonds. The van der Waals surface area contributed by atoms with Crippen molar-refractivity contribution in [2.75, 3.05) is 11.1 Å². The van der Waals surface area contributed by atoms with Gasteiger partial charge in [-0.05, 0) is 42.9 Å². The molecule has 2 aromatic carbocycles. The second-order valence-corrected chi connectivity index (χ2v) is 6.95. The van der Waals surface area contributed by atoms with Gasteiger partial charge in [-0.15, -0.1) is 11.8 Å². The summed E-state index contributed by atoms with van der Waals surface area (Å²) in [5.74, 6) is 1.00. The average Bonchev–Trinajstić information content (AvgIpc) is 2.55. The van der Waals surface area contributed by atoms with E-state index >= 15 is 0 Å². The van der Waals surface area contributed by atoms with Gasteiger partial charge < -0.3 is 5.32 Å². The summed E-state index contributed by atoms with van der Waals surface area (Å²) in [6.45, 7) is 2.05. The van der Waals surface area contributed by atoms with Crippen LogP contribution in [0.2, 0.25) is 5.02 Å². The zero-order chi connectivity index (χ0) is 17.4. The summed E-state index contributed by atoms with van der Waals surface area (Å²) in [6.07, 6.45) is 0. The summed E-state index contributed by atoms with van der Waals surface area (Å²) in [6, 6.07) is 15.4. The molecule has 0 aliphatic carbocycles. The van der Waals surface area contributed by atoms with E-state index < -0.39 is 0 Å². The van der Waals surface area contributed by atoms with Gasteiger partial charge in [0.25, 0.3) is 0 Å². The Balaban J connectivity index is 1.65. The highest BCUT2D eigenvalue weighted by atomic mass is 35.5. The van der Waals surface area contributed by atoms with E-state index in [4.69, 9.17) is 23.8 Å². The summed E-state index contributed by atoms with van der Waals surface area (Å²) < 4.78 is 0. The van der Waals surface area contributed by atoms with E-state index in [1.807, 2.05) is 12.1 Å². The number of amides is 1. The largest absolute Gasteiger partial charge is 0.331 e. The summed E-state index contributed by atoms with van der Waals surface area (Å²) in [5.41, 5.74) is 8.42. The minimum absolute atomic E-state index is 0.137. The van der Waals surface area contributed by atoms with Crippen LogP contribution < -0.4 is 16.2 Å². The third-order valence-corrected chi connectivity index (χ3v) is 4.46. The molecule has 0 unspecified atom stereocenters. The van der Waals surface area contributed by atoms with Gasteiger partial charge in [-0.2, -0.15) is 0 Å². The van der Waals surface area contributed by atoms with Crippen LogP contribution in [0.4, 0.5) is 5.69 Å². The highest BCUT2D eigenvalue weighted by molar-refractivity contribution is 7.99. The topological polar surface area (TPSA) is 53.2 Å². The zero-order valence-electron chi connectivity index (χ0n) is 13.1. The van der Waals surface area contributed by atoms with Gasteiger partial charge in [0, 0.05) is 16.5 Å². The number of carbonyl (C=O) groups excluding carboxylic acids is 1. The molecule has 126 valence electrons. The number of hydrogen-bond acceptors (Lipinski definition) is 3. The Kier molecular flexibility index (Phi) is 7.36. The molecule has 0 fully saturated rings. The summed E-state index contributed by atoms with van der Waals surface area (Å²) in [5, 5.41) is 3.85. The van der Waals surface area contributed by atoms with Gasteiger partial charge in [-0.3, -0.25) is 15.6 Å². The van der Waals surface area contributed by atoms with Crippen LogP contribution in [0.1, 0.15) is 11.1 Å². The lowest BCUT2D eigenvalue weighted by Gasteiger charge is -2.11. The van der Waals surface area contributed by atoms with Crippen LogP contribution in [0.25, 0.3) is 0 Å². The Morgan fingerprint density at radius 1 is 1.17 bits per heavy atom. The second-order valence-electron chi connectivity index (χ2n) is 5.12. The molecule has 3 N–H and O–H groups in total. The van der Waals surface area contributed by atoms with Crippen LogP contribution in [0.5, 0.6) is 0 Å². The number of rotatable bonds is 5. The molecule has 0 heterocycles. The van der Waals surface area contributed by atoms with Crippen molar-refractivity contribution in [2.45, 2.75) is 12.7 Å². The summed E-state index contributed by atoms with van der Waals surface area (Å²) >= 11 is 12.6. The fourth-order valence-electron chi connectivity index (χ4n) is 1.84. The smallest absolute Gasteiger partial charge is 0.248 e. The normalized spacial score (nSPS) is 10.1. The molecule has 0 saturated carbocycles. The van der Waals surface area contributed by atoms with E-state index in [1.54, 1.807) is 23.9 Å². The number of carbonyl (C=O) groups is 1. The molecule has 0 aliphatic rings. The minimum Gasteiger partial charge on any atom is -0.331 e. The maximum Gasteiger partial charge on any atom is 0.248 e. The molecule has 0 saturated heterocycles. The molecule has 0 bridgehead atoms. The predicted octanol–water partition coefficient (Wildman–Crippen LogP) is 3.90. The van der Waals surface area contributed by atoms with Crippen LogP contribution in [-0.4, -0.2) is 16.8 Å². The molecular weight excluding hydrogens is 362 g/mol. The van der Waals surface area contributed by atoms with Gasteiger partial charge in [0.2, 0.25) is 5.91 Å². The van der Waals surface area contributed by atoms with Crippen LogP contribution in [0.15, 0.2) is 48.5 Å². The lowest BCUT2D eigenvalue weighted by Crippen LogP contribution is -2.44. The first kappa shape index (κ1) is 18.6. The van der Waals surface area contributed by atoms with Crippen molar-refractivity contribution in [3.63, 3.8) is 0 Å². The molecule has 4 nitrogen and oxygen atoms in total. The maximum absolute atomic E-state index is 11.8. The number of aryl methyl sites for hydroxylation is 1. The SMILES string of the molecule is Cc1ccc(CSCC(=O)NNC(=S)Nc2cccc(Cl)c2)cc1. The Morgan fingerprint density at radius 2 is 1.92 bits per heavy atom. The number of benzene rings is 2. The third-order valence-electron chi connectivity index (χ3n) is 3.02. The van der Waals surface area contributed by atoms with Crippen molar-refractivity contribution < 1.29 is 4.79 Å². The Morgan fingerprint density at radius 3 is 2.62 bits per heavy atom. The van der Waals surface area contributed by atoms with Crippen LogP contribution in [-0.2, 0) is 10.5 Å². The average molecular weight is 380 g/mol. The lowest BCUT2D eigenvalue weighted by atomic mass is 10.2. The Hall–Kier alpha value is -1.76. The first-order valence-corrected chi connectivity index (χ1v) is 9.22. The lowest BCUT2D eigenvalue weighted by molar-refractivity contribution is -0.119. The number of hydrogen-bond donors (Lipinski definition) is 3. The summed E-state index contributed by atoms with van der Waals surface area (Å²) in [4.78, 5) is 11.8. The molecule has 2 rings (SSSR count). The number of hydrazine groups is 1. The molecule has 24 heavy (non-hydrogen) atoms. The Bertz CT molecular complexity index is 707. The van der Waals surface area contributed by atoms with Crippen LogP contribution in [0.3, 0.4) is 0 Å². The third kappa shape index (κ3) is 6.78. The molecule has 0 aliphatic heterocycles. The monoisotopic (exact) mass is 379 g/mol. The van der Waals surface area contributed by atoms with Crippen LogP contribution >= 0.6 is 35.6 Å².